The van der Waals surface area contributed by atoms with Crippen LogP contribution in [0.5, 0.6) is 0 Å². The summed E-state index contributed by atoms with van der Waals surface area (Å²) in [6.45, 7) is 2.31. The minimum atomic E-state index is -0.680. The van der Waals surface area contributed by atoms with E-state index in [9.17, 15) is 14.9 Å². The van der Waals surface area contributed by atoms with E-state index in [1.165, 1.54) is 17.2 Å². The van der Waals surface area contributed by atoms with E-state index in [2.05, 4.69) is 0 Å². The molecule has 5 nitrogen and oxygen atoms in total. The van der Waals surface area contributed by atoms with Crippen LogP contribution in [0.1, 0.15) is 31.2 Å². The molecule has 118 valence electrons. The van der Waals surface area contributed by atoms with Gasteiger partial charge in [-0.15, -0.1) is 0 Å². The van der Waals surface area contributed by atoms with E-state index in [4.69, 9.17) is 5.73 Å². The smallest absolute Gasteiger partial charge is 0.271 e. The van der Waals surface area contributed by atoms with Crippen molar-refractivity contribution in [2.24, 2.45) is 5.73 Å². The first-order chi connectivity index (χ1) is 11.2. The van der Waals surface area contributed by atoms with Gasteiger partial charge in [0.25, 0.3) is 5.91 Å². The first-order valence-electron chi connectivity index (χ1n) is 7.58. The van der Waals surface area contributed by atoms with Crippen molar-refractivity contribution < 1.29 is 9.59 Å². The van der Waals surface area contributed by atoms with Crippen LogP contribution in [0.25, 0.3) is 0 Å². The molecule has 0 bridgehead atoms. The molecule has 1 aliphatic heterocycles. The number of allylic oxidation sites excluding steroid dienone is 1. The van der Waals surface area contributed by atoms with Crippen molar-refractivity contribution in [3.63, 3.8) is 0 Å². The largest absolute Gasteiger partial charge is 0.405 e. The predicted octanol–water partition coefficient (Wildman–Crippen LogP) is 2.23. The van der Waals surface area contributed by atoms with E-state index in [0.717, 1.165) is 12.0 Å². The molecule has 1 aromatic carbocycles. The number of carbonyl (C=O) groups excluding carboxylic acids is 2. The summed E-state index contributed by atoms with van der Waals surface area (Å²) < 4.78 is 0. The third-order valence-electron chi connectivity index (χ3n) is 3.83. The van der Waals surface area contributed by atoms with Crippen LogP contribution < -0.4 is 5.73 Å². The minimum absolute atomic E-state index is 0.0174. The highest BCUT2D eigenvalue weighted by molar-refractivity contribution is 6.13. The number of unbranched alkanes of at least 4 members (excludes halogenated alkanes) is 1. The molecule has 0 fully saturated rings. The monoisotopic (exact) mass is 309 g/mol. The topological polar surface area (TPSA) is 87.2 Å². The Balaban J connectivity index is 2.60. The van der Waals surface area contributed by atoms with Gasteiger partial charge < -0.3 is 5.73 Å². The molecule has 1 unspecified atom stereocenters. The summed E-state index contributed by atoms with van der Waals surface area (Å²) in [5.74, 6) is -1.52. The zero-order chi connectivity index (χ0) is 16.8. The average Bonchev–Trinajstić information content (AvgIpc) is 2.56. The Morgan fingerprint density at radius 3 is 2.57 bits per heavy atom. The van der Waals surface area contributed by atoms with Crippen molar-refractivity contribution in [1.82, 2.24) is 4.90 Å². The van der Waals surface area contributed by atoms with Gasteiger partial charge in [-0.05, 0) is 29.8 Å². The van der Waals surface area contributed by atoms with E-state index in [0.29, 0.717) is 18.5 Å². The van der Waals surface area contributed by atoms with Crippen molar-refractivity contribution >= 4 is 11.8 Å². The highest BCUT2D eigenvalue weighted by atomic mass is 16.2. The maximum atomic E-state index is 12.9. The average molecular weight is 309 g/mol. The lowest BCUT2D eigenvalue weighted by atomic mass is 9.83. The van der Waals surface area contributed by atoms with Crippen molar-refractivity contribution in [3.05, 3.63) is 59.3 Å². The number of hydrogen-bond acceptors (Lipinski definition) is 4. The zero-order valence-electron chi connectivity index (χ0n) is 13.0. The van der Waals surface area contributed by atoms with Crippen molar-refractivity contribution in [3.8, 4) is 6.07 Å². The normalized spacial score (nSPS) is 18.6. The third kappa shape index (κ3) is 3.16. The summed E-state index contributed by atoms with van der Waals surface area (Å²) in [5.41, 5.74) is 6.55. The van der Waals surface area contributed by atoms with Gasteiger partial charge in [-0.2, -0.15) is 5.26 Å². The molecule has 0 saturated heterocycles. The van der Waals surface area contributed by atoms with Crippen LogP contribution in [-0.4, -0.2) is 23.3 Å². The summed E-state index contributed by atoms with van der Waals surface area (Å²) in [6.07, 6.45) is 4.29. The van der Waals surface area contributed by atoms with Crippen molar-refractivity contribution in [1.29, 1.82) is 5.26 Å². The molecular weight excluding hydrogens is 290 g/mol. The number of benzene rings is 1. The van der Waals surface area contributed by atoms with E-state index in [-0.39, 0.29) is 11.5 Å². The zero-order valence-corrected chi connectivity index (χ0v) is 13.0. The minimum Gasteiger partial charge on any atom is -0.405 e. The van der Waals surface area contributed by atoms with E-state index < -0.39 is 11.8 Å². The Bertz CT molecular complexity index is 699. The summed E-state index contributed by atoms with van der Waals surface area (Å²) in [6, 6.07) is 11.1. The third-order valence-corrected chi connectivity index (χ3v) is 3.83. The van der Waals surface area contributed by atoms with Gasteiger partial charge in [-0.1, -0.05) is 43.7 Å². The molecule has 0 saturated carbocycles. The van der Waals surface area contributed by atoms with Gasteiger partial charge in [-0.3, -0.25) is 14.5 Å². The van der Waals surface area contributed by atoms with Crippen LogP contribution in [0.15, 0.2) is 53.8 Å². The first kappa shape index (κ1) is 16.5. The lowest BCUT2D eigenvalue weighted by Gasteiger charge is -2.31. The van der Waals surface area contributed by atoms with Gasteiger partial charge in [0.05, 0.1) is 5.92 Å². The van der Waals surface area contributed by atoms with E-state index >= 15 is 0 Å². The predicted molar refractivity (Wildman–Crippen MR) is 86.8 cm³/mol. The van der Waals surface area contributed by atoms with E-state index in [1.54, 1.807) is 0 Å². The van der Waals surface area contributed by atoms with Crippen molar-refractivity contribution in [2.45, 2.75) is 25.7 Å². The van der Waals surface area contributed by atoms with Crippen LogP contribution in [0.4, 0.5) is 0 Å². The van der Waals surface area contributed by atoms with Crippen LogP contribution in [0.3, 0.4) is 0 Å². The maximum Gasteiger partial charge on any atom is 0.271 e. The molecule has 2 rings (SSSR count). The van der Waals surface area contributed by atoms with Crippen LogP contribution >= 0.6 is 0 Å². The molecule has 0 radical (unpaired) electrons. The highest BCUT2D eigenvalue weighted by Crippen LogP contribution is 2.34. The number of rotatable bonds is 5. The summed E-state index contributed by atoms with van der Waals surface area (Å²) >= 11 is 0. The number of imide groups is 1. The standard InChI is InChI=1S/C18H19N3O2/c1-2-3-11-21-17(22)15(12-20)14(9-10-19)16(18(21)23)13-7-5-4-6-8-13/h4-10,16H,2-3,11,19H2,1H3. The highest BCUT2D eigenvalue weighted by Gasteiger charge is 2.40. The first-order valence-corrected chi connectivity index (χ1v) is 7.58. The van der Waals surface area contributed by atoms with Gasteiger partial charge in [-0.25, -0.2) is 0 Å². The molecule has 0 aromatic heterocycles. The SMILES string of the molecule is CCCCN1C(=O)C(C#N)=C(C=CN)C(c2ccccc2)C1=O. The molecule has 2 N–H and O–H groups in total. The summed E-state index contributed by atoms with van der Waals surface area (Å²) in [7, 11) is 0. The summed E-state index contributed by atoms with van der Waals surface area (Å²) in [4.78, 5) is 26.5. The number of nitrogens with two attached hydrogens (primary N) is 1. The Labute approximate surface area is 135 Å². The van der Waals surface area contributed by atoms with Gasteiger partial charge >= 0.3 is 0 Å². The lowest BCUT2D eigenvalue weighted by molar-refractivity contribution is -0.144. The van der Waals surface area contributed by atoms with Gasteiger partial charge in [0.2, 0.25) is 5.91 Å². The Morgan fingerprint density at radius 2 is 2.00 bits per heavy atom. The molecule has 1 aliphatic rings. The number of carbonyl (C=O) groups is 2. The Morgan fingerprint density at radius 1 is 1.30 bits per heavy atom. The molecule has 1 heterocycles. The fraction of sp³-hybridized carbons (Fsp3) is 0.278. The van der Waals surface area contributed by atoms with Gasteiger partial charge in [0, 0.05) is 6.54 Å². The number of hydrogen-bond donors (Lipinski definition) is 1. The van der Waals surface area contributed by atoms with Crippen LogP contribution in [-0.2, 0) is 9.59 Å². The molecule has 23 heavy (non-hydrogen) atoms. The molecular formula is C18H19N3O2. The second-order valence-corrected chi connectivity index (χ2v) is 5.29. The number of amides is 2. The van der Waals surface area contributed by atoms with E-state index in [1.807, 2.05) is 43.3 Å². The van der Waals surface area contributed by atoms with Crippen LogP contribution in [0, 0.1) is 11.3 Å². The molecule has 0 spiro atoms. The van der Waals surface area contributed by atoms with Gasteiger partial charge in [0.15, 0.2) is 0 Å². The van der Waals surface area contributed by atoms with Crippen LogP contribution in [0.2, 0.25) is 0 Å². The molecule has 1 aromatic rings. The molecule has 0 aliphatic carbocycles. The Kier molecular flexibility index (Phi) is 5.32. The lowest BCUT2D eigenvalue weighted by Crippen LogP contribution is -2.45. The number of nitrogens with zero attached hydrogens (tertiary/aromatic N) is 2. The number of nitriles is 1. The fourth-order valence-electron chi connectivity index (χ4n) is 2.68. The molecule has 5 heteroatoms. The second-order valence-electron chi connectivity index (χ2n) is 5.29. The quantitative estimate of drug-likeness (QED) is 0.845. The van der Waals surface area contributed by atoms with Crippen molar-refractivity contribution in [2.75, 3.05) is 6.54 Å². The summed E-state index contributed by atoms with van der Waals surface area (Å²) in [5, 5.41) is 9.41. The molecule has 2 amide bonds. The fourth-order valence-corrected chi connectivity index (χ4v) is 2.68. The van der Waals surface area contributed by atoms with Gasteiger partial charge in [0.1, 0.15) is 11.6 Å². The Hall–Kier alpha value is -2.87. The second kappa shape index (κ2) is 7.41. The molecule has 1 atom stereocenters. The maximum absolute atomic E-state index is 12.9.